The summed E-state index contributed by atoms with van der Waals surface area (Å²) in [5, 5.41) is 12.0. The topological polar surface area (TPSA) is 58.6 Å². The Morgan fingerprint density at radius 1 is 1.38 bits per heavy atom. The number of alkyl halides is 3. The Hall–Kier alpha value is -1.76. The molecule has 0 bridgehead atoms. The molecular formula is C14H16F3NO3. The average Bonchev–Trinajstić information content (AvgIpc) is 2.36. The molecule has 1 fully saturated rings. The van der Waals surface area contributed by atoms with Crippen LogP contribution in [0.5, 0.6) is 5.75 Å². The van der Waals surface area contributed by atoms with E-state index in [2.05, 4.69) is 10.1 Å². The molecule has 1 aromatic carbocycles. The second kappa shape index (κ2) is 6.34. The van der Waals surface area contributed by atoms with E-state index in [9.17, 15) is 18.0 Å². The number of hydrogen-bond donors (Lipinski definition) is 2. The summed E-state index contributed by atoms with van der Waals surface area (Å²) < 4.78 is 40.6. The van der Waals surface area contributed by atoms with E-state index in [0.717, 1.165) is 5.56 Å². The van der Waals surface area contributed by atoms with Crippen molar-refractivity contribution in [1.29, 1.82) is 0 Å². The number of carboxylic acids is 1. The third kappa shape index (κ3) is 4.93. The summed E-state index contributed by atoms with van der Waals surface area (Å²) in [6.07, 6.45) is -4.02. The number of halogens is 3. The maximum atomic E-state index is 12.2. The Labute approximate surface area is 119 Å². The van der Waals surface area contributed by atoms with Gasteiger partial charge in [0, 0.05) is 13.0 Å². The zero-order chi connectivity index (χ0) is 15.5. The van der Waals surface area contributed by atoms with E-state index in [1.165, 1.54) is 18.2 Å². The third-order valence-corrected chi connectivity index (χ3v) is 3.47. The molecule has 0 amide bonds. The van der Waals surface area contributed by atoms with Crippen molar-refractivity contribution in [2.24, 2.45) is 5.92 Å². The minimum Gasteiger partial charge on any atom is -0.481 e. The maximum absolute atomic E-state index is 12.2. The first-order valence-corrected chi connectivity index (χ1v) is 6.61. The third-order valence-electron chi connectivity index (χ3n) is 3.47. The van der Waals surface area contributed by atoms with Crippen LogP contribution >= 0.6 is 0 Å². The van der Waals surface area contributed by atoms with Crippen molar-refractivity contribution in [3.8, 4) is 5.75 Å². The first-order valence-electron chi connectivity index (χ1n) is 6.61. The van der Waals surface area contributed by atoms with Crippen LogP contribution in [0.3, 0.4) is 0 Å². The molecule has 1 aliphatic heterocycles. The van der Waals surface area contributed by atoms with Crippen LogP contribution in [-0.4, -0.2) is 30.5 Å². The summed E-state index contributed by atoms with van der Waals surface area (Å²) in [5.74, 6) is -1.15. The van der Waals surface area contributed by atoms with Crippen LogP contribution in [0.2, 0.25) is 0 Å². The van der Waals surface area contributed by atoms with Gasteiger partial charge in [0.15, 0.2) is 0 Å². The minimum absolute atomic E-state index is 0.0140. The van der Waals surface area contributed by atoms with Gasteiger partial charge in [-0.25, -0.2) is 0 Å². The second-order valence-electron chi connectivity index (χ2n) is 5.18. The molecule has 116 valence electrons. The molecule has 1 saturated heterocycles. The Bertz CT molecular complexity index is 504. The molecule has 2 atom stereocenters. The van der Waals surface area contributed by atoms with Crippen molar-refractivity contribution in [3.05, 3.63) is 29.8 Å². The van der Waals surface area contributed by atoms with Crippen LogP contribution < -0.4 is 10.1 Å². The van der Waals surface area contributed by atoms with Crippen LogP contribution in [0.1, 0.15) is 24.3 Å². The van der Waals surface area contributed by atoms with Crippen LogP contribution in [0.25, 0.3) is 0 Å². The van der Waals surface area contributed by atoms with E-state index >= 15 is 0 Å². The highest BCUT2D eigenvalue weighted by molar-refractivity contribution is 5.67. The van der Waals surface area contributed by atoms with E-state index in [-0.39, 0.29) is 24.0 Å². The van der Waals surface area contributed by atoms with Gasteiger partial charge in [0.25, 0.3) is 0 Å². The molecule has 0 radical (unpaired) electrons. The number of benzene rings is 1. The number of nitrogens with one attached hydrogen (secondary N) is 1. The second-order valence-corrected chi connectivity index (χ2v) is 5.18. The average molecular weight is 303 g/mol. The van der Waals surface area contributed by atoms with Gasteiger partial charge in [-0.3, -0.25) is 4.79 Å². The van der Waals surface area contributed by atoms with Crippen LogP contribution in [0.4, 0.5) is 13.2 Å². The van der Waals surface area contributed by atoms with Crippen molar-refractivity contribution >= 4 is 5.97 Å². The number of hydrogen-bond acceptors (Lipinski definition) is 3. The molecule has 4 nitrogen and oxygen atoms in total. The first kappa shape index (κ1) is 15.6. The van der Waals surface area contributed by atoms with Crippen LogP contribution in [0.15, 0.2) is 24.3 Å². The fourth-order valence-corrected chi connectivity index (χ4v) is 2.65. The van der Waals surface area contributed by atoms with Gasteiger partial charge >= 0.3 is 12.3 Å². The molecule has 2 rings (SSSR count). The number of aliphatic carboxylic acids is 1. The molecule has 0 aliphatic carbocycles. The lowest BCUT2D eigenvalue weighted by atomic mass is 9.84. The quantitative estimate of drug-likeness (QED) is 0.898. The number of carbonyl (C=O) groups is 1. The first-order chi connectivity index (χ1) is 9.83. The molecule has 1 aliphatic rings. The normalized spacial score (nSPS) is 22.8. The lowest BCUT2D eigenvalue weighted by molar-refractivity contribution is -0.274. The highest BCUT2D eigenvalue weighted by atomic mass is 19.4. The van der Waals surface area contributed by atoms with Crippen LogP contribution in [-0.2, 0) is 4.79 Å². The Balaban J connectivity index is 2.07. The van der Waals surface area contributed by atoms with E-state index in [4.69, 9.17) is 5.11 Å². The largest absolute Gasteiger partial charge is 0.573 e. The summed E-state index contributed by atoms with van der Waals surface area (Å²) in [6, 6.07) is 5.86. The van der Waals surface area contributed by atoms with Gasteiger partial charge in [0.1, 0.15) is 5.75 Å². The standard InChI is InChI=1S/C14H16F3NO3/c15-14(16,17)21-12-3-1-2-10(6-12)11-4-9(5-13(19)20)7-18-8-11/h1-3,6,9,11,18H,4-5,7-8H2,(H,19,20). The summed E-state index contributed by atoms with van der Waals surface area (Å²) >= 11 is 0. The summed E-state index contributed by atoms with van der Waals surface area (Å²) in [6.45, 7) is 1.23. The predicted octanol–water partition coefficient (Wildman–Crippen LogP) is 2.75. The van der Waals surface area contributed by atoms with E-state index in [1.807, 2.05) is 0 Å². The molecule has 0 aromatic heterocycles. The highest BCUT2D eigenvalue weighted by Crippen LogP contribution is 2.31. The van der Waals surface area contributed by atoms with Crippen molar-refractivity contribution in [1.82, 2.24) is 5.32 Å². The fourth-order valence-electron chi connectivity index (χ4n) is 2.65. The predicted molar refractivity (Wildman–Crippen MR) is 69.1 cm³/mol. The van der Waals surface area contributed by atoms with Crippen molar-refractivity contribution in [2.45, 2.75) is 25.1 Å². The zero-order valence-electron chi connectivity index (χ0n) is 11.2. The Morgan fingerprint density at radius 2 is 2.14 bits per heavy atom. The number of carboxylic acid groups (broad SMARTS) is 1. The van der Waals surface area contributed by atoms with Gasteiger partial charge in [-0.2, -0.15) is 0 Å². The van der Waals surface area contributed by atoms with E-state index in [1.54, 1.807) is 6.07 Å². The molecule has 2 N–H and O–H groups in total. The minimum atomic E-state index is -4.71. The lowest BCUT2D eigenvalue weighted by Gasteiger charge is -2.29. The summed E-state index contributed by atoms with van der Waals surface area (Å²) in [4.78, 5) is 10.7. The maximum Gasteiger partial charge on any atom is 0.573 e. The number of rotatable bonds is 4. The number of ether oxygens (including phenoxy) is 1. The molecule has 1 aromatic rings. The van der Waals surface area contributed by atoms with Crippen molar-refractivity contribution < 1.29 is 27.8 Å². The highest BCUT2D eigenvalue weighted by Gasteiger charge is 2.31. The van der Waals surface area contributed by atoms with Gasteiger partial charge in [0.05, 0.1) is 0 Å². The van der Waals surface area contributed by atoms with Crippen molar-refractivity contribution in [3.63, 3.8) is 0 Å². The zero-order valence-corrected chi connectivity index (χ0v) is 11.2. The number of piperidine rings is 1. The SMILES string of the molecule is O=C(O)CC1CNCC(c2cccc(OC(F)(F)F)c2)C1. The van der Waals surface area contributed by atoms with E-state index in [0.29, 0.717) is 19.5 Å². The van der Waals surface area contributed by atoms with Gasteiger partial charge in [0.2, 0.25) is 0 Å². The lowest BCUT2D eigenvalue weighted by Crippen LogP contribution is -2.36. The molecule has 0 spiro atoms. The smallest absolute Gasteiger partial charge is 0.481 e. The molecular weight excluding hydrogens is 287 g/mol. The molecule has 0 saturated carbocycles. The van der Waals surface area contributed by atoms with Crippen molar-refractivity contribution in [2.75, 3.05) is 13.1 Å². The Kier molecular flexibility index (Phi) is 4.72. The Morgan fingerprint density at radius 3 is 2.81 bits per heavy atom. The molecule has 1 heterocycles. The van der Waals surface area contributed by atoms with Crippen LogP contribution in [0, 0.1) is 5.92 Å². The fraction of sp³-hybridized carbons (Fsp3) is 0.500. The molecule has 21 heavy (non-hydrogen) atoms. The summed E-state index contributed by atoms with van der Waals surface area (Å²) in [7, 11) is 0. The van der Waals surface area contributed by atoms with Gasteiger partial charge in [-0.15, -0.1) is 13.2 Å². The van der Waals surface area contributed by atoms with Gasteiger partial charge in [-0.1, -0.05) is 12.1 Å². The summed E-state index contributed by atoms with van der Waals surface area (Å²) in [5.41, 5.74) is 0.722. The molecule has 7 heteroatoms. The van der Waals surface area contributed by atoms with Gasteiger partial charge in [-0.05, 0) is 42.5 Å². The molecule has 2 unspecified atom stereocenters. The monoisotopic (exact) mass is 303 g/mol. The van der Waals surface area contributed by atoms with Gasteiger partial charge < -0.3 is 15.2 Å². The van der Waals surface area contributed by atoms with E-state index < -0.39 is 12.3 Å².